The largest absolute Gasteiger partial charge is 0.323 e. The summed E-state index contributed by atoms with van der Waals surface area (Å²) in [7, 11) is 0. The molecule has 0 spiro atoms. The molecule has 0 aliphatic rings. The second kappa shape index (κ2) is 6.34. The van der Waals surface area contributed by atoms with Gasteiger partial charge in [0.2, 0.25) is 5.91 Å². The molecule has 1 amide bonds. The number of hydrogen-bond donors (Lipinski definition) is 2. The van der Waals surface area contributed by atoms with Crippen molar-refractivity contribution in [3.63, 3.8) is 0 Å². The first-order valence-corrected chi connectivity index (χ1v) is 6.42. The number of anilines is 1. The number of nitro benzene ring substituents is 1. The Labute approximate surface area is 125 Å². The van der Waals surface area contributed by atoms with Crippen molar-refractivity contribution in [3.8, 4) is 0 Å². The van der Waals surface area contributed by atoms with Crippen molar-refractivity contribution in [3.05, 3.63) is 69.2 Å². The molecule has 0 aromatic heterocycles. The molecule has 0 aliphatic carbocycles. The molecule has 2 aromatic rings. The first kappa shape index (κ1) is 15.0. The average Bonchev–Trinajstić information content (AvgIpc) is 2.49. The monoisotopic (exact) mass is 305 g/mol. The molecule has 2 rings (SSSR count). The number of amides is 1. The number of nitrogens with two attached hydrogens (primary N) is 1. The minimum atomic E-state index is -0.887. The maximum absolute atomic E-state index is 12.1. The van der Waals surface area contributed by atoms with Crippen molar-refractivity contribution >= 4 is 28.9 Å². The molecule has 0 bridgehead atoms. The van der Waals surface area contributed by atoms with Crippen LogP contribution in [-0.4, -0.2) is 10.8 Å². The predicted octanol–water partition coefficient (Wildman–Crippen LogP) is 2.89. The summed E-state index contributed by atoms with van der Waals surface area (Å²) in [6.45, 7) is 0. The first-order chi connectivity index (χ1) is 9.99. The lowest BCUT2D eigenvalue weighted by Gasteiger charge is -2.13. The normalized spacial score (nSPS) is 11.7. The van der Waals surface area contributed by atoms with E-state index in [2.05, 4.69) is 5.32 Å². The molecule has 0 heterocycles. The fourth-order valence-corrected chi connectivity index (χ4v) is 1.91. The van der Waals surface area contributed by atoms with Gasteiger partial charge in [0.05, 0.1) is 15.6 Å². The molecule has 0 aliphatic heterocycles. The molecule has 3 N–H and O–H groups in total. The third kappa shape index (κ3) is 3.56. The number of non-ortho nitro benzene ring substituents is 1. The van der Waals surface area contributed by atoms with Gasteiger partial charge in [-0.05, 0) is 11.6 Å². The van der Waals surface area contributed by atoms with E-state index in [4.69, 9.17) is 17.3 Å². The topological polar surface area (TPSA) is 98.3 Å². The summed E-state index contributed by atoms with van der Waals surface area (Å²) in [6, 6.07) is 11.7. The van der Waals surface area contributed by atoms with Gasteiger partial charge in [0.25, 0.3) is 5.69 Å². The molecule has 0 fully saturated rings. The average molecular weight is 306 g/mol. The van der Waals surface area contributed by atoms with Crippen LogP contribution in [0.5, 0.6) is 0 Å². The summed E-state index contributed by atoms with van der Waals surface area (Å²) in [4.78, 5) is 22.2. The molecule has 0 radical (unpaired) electrons. The van der Waals surface area contributed by atoms with Crippen LogP contribution >= 0.6 is 11.6 Å². The van der Waals surface area contributed by atoms with E-state index in [0.717, 1.165) is 0 Å². The smallest absolute Gasteiger partial charge is 0.271 e. The second-order valence-corrected chi connectivity index (χ2v) is 4.71. The van der Waals surface area contributed by atoms with E-state index in [-0.39, 0.29) is 16.4 Å². The summed E-state index contributed by atoms with van der Waals surface area (Å²) in [5.74, 6) is -0.497. The number of halogens is 1. The van der Waals surface area contributed by atoms with Gasteiger partial charge in [-0.25, -0.2) is 0 Å². The quantitative estimate of drug-likeness (QED) is 0.670. The first-order valence-electron chi connectivity index (χ1n) is 6.04. The molecule has 6 nitrogen and oxygen atoms in total. The third-order valence-corrected chi connectivity index (χ3v) is 3.19. The maximum Gasteiger partial charge on any atom is 0.271 e. The molecular formula is C14H12ClN3O3. The zero-order valence-electron chi connectivity index (χ0n) is 10.8. The minimum Gasteiger partial charge on any atom is -0.323 e. The molecule has 0 saturated carbocycles. The van der Waals surface area contributed by atoms with Crippen LogP contribution in [0.2, 0.25) is 5.02 Å². The Bertz CT molecular complexity index is 676. The van der Waals surface area contributed by atoms with Gasteiger partial charge in [-0.2, -0.15) is 0 Å². The van der Waals surface area contributed by atoms with E-state index in [9.17, 15) is 14.9 Å². The SMILES string of the molecule is N[C@H](C(=O)Nc1cc([N+](=O)[O-])ccc1Cl)c1ccccc1. The molecule has 108 valence electrons. The highest BCUT2D eigenvalue weighted by atomic mass is 35.5. The van der Waals surface area contributed by atoms with E-state index in [0.29, 0.717) is 5.56 Å². The second-order valence-electron chi connectivity index (χ2n) is 4.30. The van der Waals surface area contributed by atoms with E-state index in [1.165, 1.54) is 18.2 Å². The van der Waals surface area contributed by atoms with Crippen LogP contribution in [0.15, 0.2) is 48.5 Å². The van der Waals surface area contributed by atoms with Crippen molar-refractivity contribution in [2.45, 2.75) is 6.04 Å². The van der Waals surface area contributed by atoms with Crippen LogP contribution in [0.1, 0.15) is 11.6 Å². The number of carbonyl (C=O) groups excluding carboxylic acids is 1. The van der Waals surface area contributed by atoms with E-state index in [1.54, 1.807) is 24.3 Å². The summed E-state index contributed by atoms with van der Waals surface area (Å²) in [5, 5.41) is 13.4. The van der Waals surface area contributed by atoms with Gasteiger partial charge in [-0.1, -0.05) is 41.9 Å². The number of rotatable bonds is 4. The van der Waals surface area contributed by atoms with Gasteiger partial charge in [-0.3, -0.25) is 14.9 Å². The van der Waals surface area contributed by atoms with Crippen LogP contribution in [0.3, 0.4) is 0 Å². The zero-order valence-corrected chi connectivity index (χ0v) is 11.6. The maximum atomic E-state index is 12.1. The highest BCUT2D eigenvalue weighted by Gasteiger charge is 2.18. The lowest BCUT2D eigenvalue weighted by atomic mass is 10.1. The van der Waals surface area contributed by atoms with Crippen LogP contribution in [-0.2, 0) is 4.79 Å². The van der Waals surface area contributed by atoms with Gasteiger partial charge in [-0.15, -0.1) is 0 Å². The number of benzene rings is 2. The van der Waals surface area contributed by atoms with Crippen molar-refractivity contribution in [2.75, 3.05) is 5.32 Å². The van der Waals surface area contributed by atoms with E-state index in [1.807, 2.05) is 6.07 Å². The van der Waals surface area contributed by atoms with Crippen LogP contribution in [0.25, 0.3) is 0 Å². The number of nitrogens with zero attached hydrogens (tertiary/aromatic N) is 1. The Balaban J connectivity index is 2.20. The Morgan fingerprint density at radius 3 is 2.52 bits per heavy atom. The van der Waals surface area contributed by atoms with Crippen molar-refractivity contribution < 1.29 is 9.72 Å². The highest BCUT2D eigenvalue weighted by molar-refractivity contribution is 6.33. The summed E-state index contributed by atoms with van der Waals surface area (Å²) in [5.41, 5.74) is 6.47. The van der Waals surface area contributed by atoms with Crippen molar-refractivity contribution in [1.82, 2.24) is 0 Å². The molecule has 2 aromatic carbocycles. The standard InChI is InChI=1S/C14H12ClN3O3/c15-11-7-6-10(18(20)21)8-12(11)17-14(19)13(16)9-4-2-1-3-5-9/h1-8,13H,16H2,(H,17,19)/t13-/m0/s1. The molecule has 21 heavy (non-hydrogen) atoms. The Kier molecular flexibility index (Phi) is 4.52. The van der Waals surface area contributed by atoms with Crippen LogP contribution in [0, 0.1) is 10.1 Å². The number of hydrogen-bond acceptors (Lipinski definition) is 4. The third-order valence-electron chi connectivity index (χ3n) is 2.86. The van der Waals surface area contributed by atoms with Gasteiger partial charge in [0, 0.05) is 12.1 Å². The van der Waals surface area contributed by atoms with E-state index >= 15 is 0 Å². The molecule has 0 saturated heterocycles. The highest BCUT2D eigenvalue weighted by Crippen LogP contribution is 2.27. The lowest BCUT2D eigenvalue weighted by Crippen LogP contribution is -2.27. The van der Waals surface area contributed by atoms with Gasteiger partial charge < -0.3 is 11.1 Å². The Morgan fingerprint density at radius 2 is 1.90 bits per heavy atom. The summed E-state index contributed by atoms with van der Waals surface area (Å²) >= 11 is 5.92. The van der Waals surface area contributed by atoms with Gasteiger partial charge in [0.1, 0.15) is 6.04 Å². The summed E-state index contributed by atoms with van der Waals surface area (Å²) in [6.07, 6.45) is 0. The predicted molar refractivity (Wildman–Crippen MR) is 80.1 cm³/mol. The number of nitro groups is 1. The minimum absolute atomic E-state index is 0.155. The van der Waals surface area contributed by atoms with Crippen molar-refractivity contribution in [1.29, 1.82) is 0 Å². The van der Waals surface area contributed by atoms with Crippen molar-refractivity contribution in [2.24, 2.45) is 5.73 Å². The number of nitrogens with one attached hydrogen (secondary N) is 1. The molecule has 7 heteroatoms. The van der Waals surface area contributed by atoms with Crippen LogP contribution < -0.4 is 11.1 Å². The Hall–Kier alpha value is -2.44. The number of carbonyl (C=O) groups is 1. The zero-order chi connectivity index (χ0) is 15.4. The fraction of sp³-hybridized carbons (Fsp3) is 0.0714. The Morgan fingerprint density at radius 1 is 1.24 bits per heavy atom. The van der Waals surface area contributed by atoms with E-state index < -0.39 is 16.9 Å². The fourth-order valence-electron chi connectivity index (χ4n) is 1.74. The summed E-state index contributed by atoms with van der Waals surface area (Å²) < 4.78 is 0. The molecule has 1 atom stereocenters. The van der Waals surface area contributed by atoms with Crippen LogP contribution in [0.4, 0.5) is 11.4 Å². The molecule has 0 unspecified atom stereocenters. The van der Waals surface area contributed by atoms with Gasteiger partial charge in [0.15, 0.2) is 0 Å². The molecular weight excluding hydrogens is 294 g/mol. The van der Waals surface area contributed by atoms with Gasteiger partial charge >= 0.3 is 0 Å². The lowest BCUT2D eigenvalue weighted by molar-refractivity contribution is -0.384.